The average molecular weight is 281 g/mol. The minimum Gasteiger partial charge on any atom is -0.395 e. The molecule has 0 aromatic heterocycles. The summed E-state index contributed by atoms with van der Waals surface area (Å²) in [5.74, 6) is 0. The Morgan fingerprint density at radius 1 is 1.11 bits per heavy atom. The van der Waals surface area contributed by atoms with Crippen LogP contribution in [0.25, 0.3) is 0 Å². The first kappa shape index (κ1) is 16.4. The Morgan fingerprint density at radius 3 is 2.16 bits per heavy atom. The van der Waals surface area contributed by atoms with Crippen LogP contribution in [0.4, 0.5) is 0 Å². The number of hydrogen-bond donors (Lipinski definition) is 1. The Bertz CT molecular complexity index is 339. The first-order valence-corrected chi connectivity index (χ1v) is 9.67. The Kier molecular flexibility index (Phi) is 7.31. The molecule has 1 N–H and O–H groups in total. The third kappa shape index (κ3) is 5.44. The Labute approximate surface area is 118 Å². The van der Waals surface area contributed by atoms with Crippen LogP contribution in [0.3, 0.4) is 0 Å². The lowest BCUT2D eigenvalue weighted by atomic mass is 10.1. The summed E-state index contributed by atoms with van der Waals surface area (Å²) in [6, 6.07) is 11.9. The fourth-order valence-corrected chi connectivity index (χ4v) is 4.77. The lowest BCUT2D eigenvalue weighted by Crippen LogP contribution is -2.39. The smallest absolute Gasteiger partial charge is 0.334 e. The van der Waals surface area contributed by atoms with E-state index < -0.39 is 8.56 Å². The summed E-state index contributed by atoms with van der Waals surface area (Å²) < 4.78 is 11.8. The van der Waals surface area contributed by atoms with Crippen LogP contribution >= 0.6 is 0 Å². The van der Waals surface area contributed by atoms with Crippen LogP contribution < -0.4 is 5.32 Å². The van der Waals surface area contributed by atoms with Gasteiger partial charge in [0.15, 0.2) is 0 Å². The molecule has 1 unspecified atom stereocenters. The topological polar surface area (TPSA) is 30.5 Å². The first-order chi connectivity index (χ1) is 9.15. The van der Waals surface area contributed by atoms with Crippen LogP contribution in [0.1, 0.15) is 31.9 Å². The quantitative estimate of drug-likeness (QED) is 0.703. The van der Waals surface area contributed by atoms with E-state index in [0.29, 0.717) is 6.04 Å². The molecule has 1 atom stereocenters. The van der Waals surface area contributed by atoms with Gasteiger partial charge in [0.1, 0.15) is 0 Å². The van der Waals surface area contributed by atoms with Gasteiger partial charge in [-0.2, -0.15) is 0 Å². The summed E-state index contributed by atoms with van der Waals surface area (Å²) in [6.45, 7) is 7.71. The van der Waals surface area contributed by atoms with E-state index in [1.165, 1.54) is 5.56 Å². The molecular weight excluding hydrogens is 254 g/mol. The highest BCUT2D eigenvalue weighted by Crippen LogP contribution is 2.24. The average Bonchev–Trinajstić information content (AvgIpc) is 2.41. The van der Waals surface area contributed by atoms with Crippen molar-refractivity contribution in [2.75, 3.05) is 20.3 Å². The van der Waals surface area contributed by atoms with Crippen LogP contribution in [0.15, 0.2) is 30.3 Å². The zero-order valence-electron chi connectivity index (χ0n) is 12.6. The van der Waals surface area contributed by atoms with Crippen molar-refractivity contribution in [3.05, 3.63) is 35.9 Å². The monoisotopic (exact) mass is 281 g/mol. The molecule has 0 saturated heterocycles. The zero-order chi connectivity index (χ0) is 14.1. The molecular formula is C15H27NO2Si. The number of hydrogen-bond acceptors (Lipinski definition) is 3. The van der Waals surface area contributed by atoms with E-state index in [-0.39, 0.29) is 0 Å². The van der Waals surface area contributed by atoms with Gasteiger partial charge >= 0.3 is 8.56 Å². The Hall–Kier alpha value is -0.683. The van der Waals surface area contributed by atoms with Crippen molar-refractivity contribution in [1.29, 1.82) is 0 Å². The second-order valence-corrected chi connectivity index (χ2v) is 8.14. The summed E-state index contributed by atoms with van der Waals surface area (Å²) in [5.41, 5.74) is 1.33. The van der Waals surface area contributed by atoms with Gasteiger partial charge < -0.3 is 14.2 Å². The van der Waals surface area contributed by atoms with E-state index in [1.807, 2.05) is 20.9 Å². The third-order valence-corrected chi connectivity index (χ3v) is 6.33. The van der Waals surface area contributed by atoms with Gasteiger partial charge in [0.25, 0.3) is 0 Å². The van der Waals surface area contributed by atoms with Gasteiger partial charge in [-0.3, -0.25) is 0 Å². The number of benzene rings is 1. The van der Waals surface area contributed by atoms with Crippen molar-refractivity contribution in [1.82, 2.24) is 5.32 Å². The van der Waals surface area contributed by atoms with E-state index >= 15 is 0 Å². The highest BCUT2D eigenvalue weighted by Gasteiger charge is 2.31. The van der Waals surface area contributed by atoms with E-state index in [0.717, 1.165) is 25.7 Å². The maximum atomic E-state index is 5.89. The highest BCUT2D eigenvalue weighted by molar-refractivity contribution is 6.66. The van der Waals surface area contributed by atoms with Gasteiger partial charge in [-0.05, 0) is 45.5 Å². The predicted octanol–water partition coefficient (Wildman–Crippen LogP) is 3.48. The molecule has 0 radical (unpaired) electrons. The molecule has 19 heavy (non-hydrogen) atoms. The van der Waals surface area contributed by atoms with Crippen molar-refractivity contribution in [2.45, 2.75) is 38.9 Å². The van der Waals surface area contributed by atoms with Crippen molar-refractivity contribution < 1.29 is 8.85 Å². The fourth-order valence-electron chi connectivity index (χ4n) is 2.37. The fraction of sp³-hybridized carbons (Fsp3) is 0.600. The van der Waals surface area contributed by atoms with Gasteiger partial charge in [-0.1, -0.05) is 30.3 Å². The molecule has 0 aliphatic carbocycles. The van der Waals surface area contributed by atoms with Gasteiger partial charge in [-0.25, -0.2) is 0 Å². The summed E-state index contributed by atoms with van der Waals surface area (Å²) in [5, 5.41) is 3.39. The largest absolute Gasteiger partial charge is 0.395 e. The minimum atomic E-state index is -2.00. The standard InChI is InChI=1S/C15H27NO2Si/c1-5-17-19(4,18-6-2)13-12-15(16-3)14-10-8-7-9-11-14/h7-11,15-16H,5-6,12-13H2,1-4H3. The van der Waals surface area contributed by atoms with Crippen molar-refractivity contribution >= 4 is 8.56 Å². The maximum Gasteiger partial charge on any atom is 0.334 e. The van der Waals surface area contributed by atoms with Crippen molar-refractivity contribution in [2.24, 2.45) is 0 Å². The van der Waals surface area contributed by atoms with Crippen LogP contribution in [-0.4, -0.2) is 28.8 Å². The van der Waals surface area contributed by atoms with Crippen LogP contribution in [0, 0.1) is 0 Å². The molecule has 1 aromatic carbocycles. The maximum absolute atomic E-state index is 5.89. The Balaban J connectivity index is 2.61. The van der Waals surface area contributed by atoms with Gasteiger partial charge in [0.2, 0.25) is 0 Å². The van der Waals surface area contributed by atoms with E-state index in [9.17, 15) is 0 Å². The van der Waals surface area contributed by atoms with Gasteiger partial charge in [-0.15, -0.1) is 0 Å². The highest BCUT2D eigenvalue weighted by atomic mass is 28.4. The minimum absolute atomic E-state index is 0.369. The molecule has 0 amide bonds. The number of rotatable bonds is 9. The van der Waals surface area contributed by atoms with Crippen LogP contribution in [0.2, 0.25) is 12.6 Å². The van der Waals surface area contributed by atoms with Crippen molar-refractivity contribution in [3.63, 3.8) is 0 Å². The van der Waals surface area contributed by atoms with Crippen LogP contribution in [0.5, 0.6) is 0 Å². The summed E-state index contributed by atoms with van der Waals surface area (Å²) in [4.78, 5) is 0. The van der Waals surface area contributed by atoms with Gasteiger partial charge in [0, 0.05) is 19.3 Å². The molecule has 0 fully saturated rings. The van der Waals surface area contributed by atoms with Crippen LogP contribution in [-0.2, 0) is 8.85 Å². The molecule has 108 valence electrons. The van der Waals surface area contributed by atoms with E-state index in [2.05, 4.69) is 42.2 Å². The number of nitrogens with one attached hydrogen (secondary N) is 1. The third-order valence-electron chi connectivity index (χ3n) is 3.34. The summed E-state index contributed by atoms with van der Waals surface area (Å²) in [7, 11) is 0.0105. The van der Waals surface area contributed by atoms with E-state index in [1.54, 1.807) is 0 Å². The van der Waals surface area contributed by atoms with Crippen molar-refractivity contribution in [3.8, 4) is 0 Å². The normalized spacial score (nSPS) is 13.5. The molecule has 0 aliphatic heterocycles. The SMILES string of the molecule is CCO[Si](C)(CCC(NC)c1ccccc1)OCC. The van der Waals surface area contributed by atoms with E-state index in [4.69, 9.17) is 8.85 Å². The summed E-state index contributed by atoms with van der Waals surface area (Å²) in [6.07, 6.45) is 1.04. The molecule has 0 bridgehead atoms. The molecule has 0 aliphatic rings. The Morgan fingerprint density at radius 2 is 1.68 bits per heavy atom. The predicted molar refractivity (Wildman–Crippen MR) is 82.5 cm³/mol. The molecule has 0 heterocycles. The second kappa shape index (κ2) is 8.48. The molecule has 3 nitrogen and oxygen atoms in total. The molecule has 1 rings (SSSR count). The first-order valence-electron chi connectivity index (χ1n) is 7.15. The molecule has 0 saturated carbocycles. The molecule has 0 spiro atoms. The van der Waals surface area contributed by atoms with Gasteiger partial charge in [0.05, 0.1) is 0 Å². The second-order valence-electron chi connectivity index (χ2n) is 4.79. The lowest BCUT2D eigenvalue weighted by molar-refractivity contribution is 0.187. The zero-order valence-corrected chi connectivity index (χ0v) is 13.6. The lowest BCUT2D eigenvalue weighted by Gasteiger charge is -2.28. The molecule has 4 heteroatoms. The molecule has 1 aromatic rings. The summed E-state index contributed by atoms with van der Waals surface area (Å²) >= 11 is 0.